The van der Waals surface area contributed by atoms with Gasteiger partial charge in [-0.25, -0.2) is 0 Å². The average molecular weight is 389 g/mol. The van der Waals surface area contributed by atoms with Crippen LogP contribution < -0.4 is 10.5 Å². The fourth-order valence-electron chi connectivity index (χ4n) is 3.62. The smallest absolute Gasteiger partial charge is 0.130 e. The first-order chi connectivity index (χ1) is 12.6. The van der Waals surface area contributed by atoms with E-state index in [1.165, 1.54) is 0 Å². The Balaban J connectivity index is 1.87. The standard InChI is InChI=1S/C20H21ClN2O2S/c1-11-7-12(21)8-15(19(11)25-18-4-2-3-16(18)22)14-5-6-23-17-9-13(10-24)26-20(14)17/h5-9,16,18,24H,2-4,10,22H2,1H3/t16-,18-/m1/s1. The van der Waals surface area contributed by atoms with Crippen molar-refractivity contribution in [3.63, 3.8) is 0 Å². The summed E-state index contributed by atoms with van der Waals surface area (Å²) in [6.07, 6.45) is 4.88. The van der Waals surface area contributed by atoms with Crippen molar-refractivity contribution in [3.05, 3.63) is 45.9 Å². The highest BCUT2D eigenvalue weighted by Crippen LogP contribution is 2.42. The number of ether oxygens (including phenoxy) is 1. The van der Waals surface area contributed by atoms with E-state index in [1.807, 2.05) is 31.2 Å². The number of nitrogens with zero attached hydrogens (tertiary/aromatic N) is 1. The van der Waals surface area contributed by atoms with Gasteiger partial charge in [0.1, 0.15) is 11.9 Å². The van der Waals surface area contributed by atoms with Gasteiger partial charge in [0, 0.05) is 33.3 Å². The lowest BCUT2D eigenvalue weighted by Crippen LogP contribution is -2.33. The van der Waals surface area contributed by atoms with Gasteiger partial charge < -0.3 is 15.6 Å². The summed E-state index contributed by atoms with van der Waals surface area (Å²) in [7, 11) is 0. The molecule has 1 aromatic carbocycles. The average Bonchev–Trinajstić information content (AvgIpc) is 3.22. The zero-order valence-electron chi connectivity index (χ0n) is 14.5. The number of thiophene rings is 1. The number of rotatable bonds is 4. The van der Waals surface area contributed by atoms with Gasteiger partial charge in [0.15, 0.2) is 0 Å². The van der Waals surface area contributed by atoms with Gasteiger partial charge >= 0.3 is 0 Å². The second-order valence-electron chi connectivity index (χ2n) is 6.79. The zero-order chi connectivity index (χ0) is 18.3. The van der Waals surface area contributed by atoms with Crippen LogP contribution in [0.25, 0.3) is 21.3 Å². The van der Waals surface area contributed by atoms with Crippen LogP contribution >= 0.6 is 22.9 Å². The van der Waals surface area contributed by atoms with Crippen LogP contribution in [0, 0.1) is 6.92 Å². The molecule has 3 aromatic rings. The van der Waals surface area contributed by atoms with Crippen molar-refractivity contribution in [2.75, 3.05) is 0 Å². The van der Waals surface area contributed by atoms with Crippen molar-refractivity contribution in [2.24, 2.45) is 5.73 Å². The largest absolute Gasteiger partial charge is 0.488 e. The van der Waals surface area contributed by atoms with Crippen molar-refractivity contribution in [1.29, 1.82) is 0 Å². The van der Waals surface area contributed by atoms with Crippen LogP contribution in [0.5, 0.6) is 5.75 Å². The molecule has 4 rings (SSSR count). The van der Waals surface area contributed by atoms with Gasteiger partial charge in [-0.3, -0.25) is 4.98 Å². The molecule has 1 aliphatic carbocycles. The molecule has 1 saturated carbocycles. The summed E-state index contributed by atoms with van der Waals surface area (Å²) in [5.74, 6) is 0.836. The van der Waals surface area contributed by atoms with E-state index in [0.29, 0.717) is 5.02 Å². The van der Waals surface area contributed by atoms with Gasteiger partial charge in [-0.2, -0.15) is 0 Å². The van der Waals surface area contributed by atoms with E-state index in [1.54, 1.807) is 17.5 Å². The van der Waals surface area contributed by atoms with Crippen molar-refractivity contribution in [1.82, 2.24) is 4.98 Å². The molecule has 0 saturated heterocycles. The minimum Gasteiger partial charge on any atom is -0.488 e. The van der Waals surface area contributed by atoms with Gasteiger partial charge in [-0.05, 0) is 56.0 Å². The van der Waals surface area contributed by atoms with Gasteiger partial charge in [0.25, 0.3) is 0 Å². The van der Waals surface area contributed by atoms with E-state index < -0.39 is 0 Å². The number of aryl methyl sites for hydroxylation is 1. The summed E-state index contributed by atoms with van der Waals surface area (Å²) < 4.78 is 7.42. The SMILES string of the molecule is Cc1cc(Cl)cc(-c2ccnc3cc(CO)sc23)c1O[C@@H]1CCC[C@H]1N. The van der Waals surface area contributed by atoms with Crippen molar-refractivity contribution >= 4 is 33.2 Å². The van der Waals surface area contributed by atoms with Gasteiger partial charge in [0.05, 0.1) is 16.8 Å². The van der Waals surface area contributed by atoms with Gasteiger partial charge in [0.2, 0.25) is 0 Å². The number of aliphatic hydroxyl groups is 1. The molecule has 0 spiro atoms. The Morgan fingerprint density at radius 1 is 1.31 bits per heavy atom. The van der Waals surface area contributed by atoms with Crippen LogP contribution in [0.1, 0.15) is 29.7 Å². The first-order valence-corrected chi connectivity index (χ1v) is 9.97. The second kappa shape index (κ2) is 7.16. The van der Waals surface area contributed by atoms with Crippen molar-refractivity contribution < 1.29 is 9.84 Å². The molecule has 1 fully saturated rings. The first-order valence-electron chi connectivity index (χ1n) is 8.78. The molecule has 0 aliphatic heterocycles. The summed E-state index contributed by atoms with van der Waals surface area (Å²) >= 11 is 7.92. The van der Waals surface area contributed by atoms with Crippen LogP contribution in [0.2, 0.25) is 5.02 Å². The number of benzene rings is 1. The predicted octanol–water partition coefficient (Wildman–Crippen LogP) is 4.68. The van der Waals surface area contributed by atoms with Crippen molar-refractivity contribution in [2.45, 2.75) is 44.9 Å². The molecule has 3 N–H and O–H groups in total. The molecule has 0 bridgehead atoms. The lowest BCUT2D eigenvalue weighted by molar-refractivity contribution is 0.191. The number of halogens is 1. The topological polar surface area (TPSA) is 68.4 Å². The van der Waals surface area contributed by atoms with Crippen LogP contribution in [-0.4, -0.2) is 22.2 Å². The quantitative estimate of drug-likeness (QED) is 0.681. The highest BCUT2D eigenvalue weighted by atomic mass is 35.5. The number of hydrogen-bond acceptors (Lipinski definition) is 5. The molecule has 26 heavy (non-hydrogen) atoms. The molecule has 0 radical (unpaired) electrons. The third-order valence-corrected chi connectivity index (χ3v) is 6.28. The molecule has 0 unspecified atom stereocenters. The van der Waals surface area contributed by atoms with E-state index in [4.69, 9.17) is 22.1 Å². The zero-order valence-corrected chi connectivity index (χ0v) is 16.1. The lowest BCUT2D eigenvalue weighted by Gasteiger charge is -2.22. The van der Waals surface area contributed by atoms with E-state index in [-0.39, 0.29) is 18.8 Å². The molecular weight excluding hydrogens is 368 g/mol. The summed E-state index contributed by atoms with van der Waals surface area (Å²) in [5, 5.41) is 10.2. The first kappa shape index (κ1) is 17.7. The Labute approximate surface area is 161 Å². The van der Waals surface area contributed by atoms with Crippen LogP contribution in [0.4, 0.5) is 0 Å². The summed E-state index contributed by atoms with van der Waals surface area (Å²) in [6, 6.07) is 7.84. The van der Waals surface area contributed by atoms with E-state index in [9.17, 15) is 5.11 Å². The summed E-state index contributed by atoms with van der Waals surface area (Å²) in [4.78, 5) is 5.32. The molecular formula is C20H21ClN2O2S. The number of pyridine rings is 1. The number of aromatic nitrogens is 1. The third-order valence-electron chi connectivity index (χ3n) is 4.92. The Bertz CT molecular complexity index is 956. The number of fused-ring (bicyclic) bond motifs is 1. The van der Waals surface area contributed by atoms with Crippen LogP contribution in [0.3, 0.4) is 0 Å². The molecule has 2 heterocycles. The highest BCUT2D eigenvalue weighted by Gasteiger charge is 2.27. The lowest BCUT2D eigenvalue weighted by atomic mass is 10.0. The fraction of sp³-hybridized carbons (Fsp3) is 0.350. The molecule has 2 aromatic heterocycles. The number of nitrogens with two attached hydrogens (primary N) is 1. The predicted molar refractivity (Wildman–Crippen MR) is 107 cm³/mol. The van der Waals surface area contributed by atoms with E-state index in [2.05, 4.69) is 4.98 Å². The molecule has 0 amide bonds. The maximum Gasteiger partial charge on any atom is 0.130 e. The Morgan fingerprint density at radius 2 is 2.15 bits per heavy atom. The second-order valence-corrected chi connectivity index (χ2v) is 8.37. The number of aliphatic hydroxyl groups excluding tert-OH is 1. The maximum absolute atomic E-state index is 9.48. The van der Waals surface area contributed by atoms with E-state index >= 15 is 0 Å². The molecule has 4 nitrogen and oxygen atoms in total. The highest BCUT2D eigenvalue weighted by molar-refractivity contribution is 7.19. The van der Waals surface area contributed by atoms with Gasteiger partial charge in [-0.15, -0.1) is 11.3 Å². The number of hydrogen-bond donors (Lipinski definition) is 2. The molecule has 1 aliphatic rings. The Hall–Kier alpha value is -1.66. The summed E-state index contributed by atoms with van der Waals surface area (Å²) in [6.45, 7) is 2.02. The van der Waals surface area contributed by atoms with Crippen molar-refractivity contribution in [3.8, 4) is 16.9 Å². The Morgan fingerprint density at radius 3 is 2.88 bits per heavy atom. The molecule has 2 atom stereocenters. The molecule has 136 valence electrons. The minimum absolute atomic E-state index is 0.00925. The normalized spacial score (nSPS) is 20.0. The summed E-state index contributed by atoms with van der Waals surface area (Å²) in [5.41, 5.74) is 10.1. The van der Waals surface area contributed by atoms with E-state index in [0.717, 1.165) is 56.8 Å². The monoisotopic (exact) mass is 388 g/mol. The minimum atomic E-state index is 0.00925. The fourth-order valence-corrected chi connectivity index (χ4v) is 4.89. The van der Waals surface area contributed by atoms with Crippen LogP contribution in [0.15, 0.2) is 30.5 Å². The Kier molecular flexibility index (Phi) is 4.88. The maximum atomic E-state index is 9.48. The van der Waals surface area contributed by atoms with Crippen LogP contribution in [-0.2, 0) is 6.61 Å². The third kappa shape index (κ3) is 3.21. The van der Waals surface area contributed by atoms with Gasteiger partial charge in [-0.1, -0.05) is 11.6 Å². The molecule has 6 heteroatoms.